The Labute approximate surface area is 173 Å². The van der Waals surface area contributed by atoms with Crippen LogP contribution in [0.15, 0.2) is 18.2 Å². The molecule has 1 aromatic heterocycles. The zero-order chi connectivity index (χ0) is 19.7. The molecule has 8 heteroatoms. The summed E-state index contributed by atoms with van der Waals surface area (Å²) in [4.78, 5) is 13.6. The van der Waals surface area contributed by atoms with Crippen molar-refractivity contribution in [1.29, 1.82) is 0 Å². The predicted molar refractivity (Wildman–Crippen MR) is 113 cm³/mol. The number of fused-ring (bicyclic) bond motifs is 2. The van der Waals surface area contributed by atoms with Crippen molar-refractivity contribution >= 4 is 39.6 Å². The largest absolute Gasteiger partial charge is 0.465 e. The normalized spacial score (nSPS) is 15.5. The van der Waals surface area contributed by atoms with E-state index in [2.05, 4.69) is 10.6 Å². The minimum absolute atomic E-state index is 0.0364. The van der Waals surface area contributed by atoms with E-state index in [0.29, 0.717) is 10.7 Å². The Balaban J connectivity index is 1.49. The number of anilines is 1. The maximum atomic E-state index is 12.4. The lowest BCUT2D eigenvalue weighted by molar-refractivity contribution is 0.0601. The van der Waals surface area contributed by atoms with Gasteiger partial charge in [0.25, 0.3) is 0 Å². The van der Waals surface area contributed by atoms with E-state index in [9.17, 15) is 4.79 Å². The maximum absolute atomic E-state index is 12.4. The molecule has 1 unspecified atom stereocenters. The van der Waals surface area contributed by atoms with E-state index < -0.39 is 0 Å². The van der Waals surface area contributed by atoms with Gasteiger partial charge < -0.3 is 24.8 Å². The van der Waals surface area contributed by atoms with Crippen LogP contribution in [0, 0.1) is 0 Å². The van der Waals surface area contributed by atoms with Crippen LogP contribution < -0.4 is 20.1 Å². The first-order valence-electron chi connectivity index (χ1n) is 9.26. The molecule has 1 aliphatic heterocycles. The second-order valence-electron chi connectivity index (χ2n) is 6.84. The maximum Gasteiger partial charge on any atom is 0.341 e. The van der Waals surface area contributed by atoms with Crippen LogP contribution in [-0.4, -0.2) is 25.0 Å². The number of rotatable bonds is 4. The highest BCUT2D eigenvalue weighted by atomic mass is 32.1. The molecule has 0 spiro atoms. The second-order valence-corrected chi connectivity index (χ2v) is 8.35. The third-order valence-corrected chi connectivity index (χ3v) is 6.46. The van der Waals surface area contributed by atoms with E-state index in [1.165, 1.54) is 12.0 Å². The second kappa shape index (κ2) is 7.97. The summed E-state index contributed by atoms with van der Waals surface area (Å²) in [7, 11) is 1.41. The van der Waals surface area contributed by atoms with Gasteiger partial charge in [-0.05, 0) is 68.1 Å². The van der Waals surface area contributed by atoms with E-state index >= 15 is 0 Å². The highest BCUT2D eigenvalue weighted by molar-refractivity contribution is 7.80. The van der Waals surface area contributed by atoms with Crippen molar-refractivity contribution in [3.8, 4) is 11.5 Å². The molecule has 4 rings (SSSR count). The van der Waals surface area contributed by atoms with Gasteiger partial charge in [-0.3, -0.25) is 0 Å². The topological polar surface area (TPSA) is 68.8 Å². The third kappa shape index (κ3) is 3.66. The molecule has 2 aromatic rings. The van der Waals surface area contributed by atoms with Gasteiger partial charge in [0.2, 0.25) is 6.79 Å². The van der Waals surface area contributed by atoms with Crippen molar-refractivity contribution in [2.75, 3.05) is 19.2 Å². The summed E-state index contributed by atoms with van der Waals surface area (Å²) in [6, 6.07) is 5.80. The van der Waals surface area contributed by atoms with Gasteiger partial charge in [-0.15, -0.1) is 11.3 Å². The fourth-order valence-electron chi connectivity index (χ4n) is 3.57. The SMILES string of the molecule is COC(=O)c1c(NC(=S)NC(C)c2ccc3c(c2)OCO3)sc2c1CCCC2. The standard InChI is InChI=1S/C20H22N2O4S2/c1-11(12-7-8-14-15(9-12)26-10-25-14)21-20(27)22-18-17(19(23)24-2)13-5-3-4-6-16(13)28-18/h7-9,11H,3-6,10H2,1-2H3,(H2,21,22,27). The minimum Gasteiger partial charge on any atom is -0.465 e. The van der Waals surface area contributed by atoms with Crippen LogP contribution in [0.5, 0.6) is 11.5 Å². The summed E-state index contributed by atoms with van der Waals surface area (Å²) in [5.74, 6) is 1.18. The van der Waals surface area contributed by atoms with Crippen LogP contribution in [-0.2, 0) is 17.6 Å². The first-order chi connectivity index (χ1) is 13.6. The number of nitrogens with one attached hydrogen (secondary N) is 2. The van der Waals surface area contributed by atoms with E-state index in [4.69, 9.17) is 26.4 Å². The molecule has 28 heavy (non-hydrogen) atoms. The van der Waals surface area contributed by atoms with Crippen molar-refractivity contribution < 1.29 is 19.0 Å². The number of benzene rings is 1. The Morgan fingerprint density at radius 2 is 2.04 bits per heavy atom. The summed E-state index contributed by atoms with van der Waals surface area (Å²) in [5, 5.41) is 7.72. The number of aryl methyl sites for hydroxylation is 1. The van der Waals surface area contributed by atoms with Gasteiger partial charge in [-0.2, -0.15) is 0 Å². The van der Waals surface area contributed by atoms with E-state index in [1.54, 1.807) is 11.3 Å². The number of hydrogen-bond acceptors (Lipinski definition) is 6. The van der Waals surface area contributed by atoms with Crippen molar-refractivity contribution in [2.45, 2.75) is 38.6 Å². The first kappa shape index (κ1) is 19.0. The summed E-state index contributed by atoms with van der Waals surface area (Å²) in [6.45, 7) is 2.27. The zero-order valence-corrected chi connectivity index (χ0v) is 17.4. The van der Waals surface area contributed by atoms with E-state index in [1.807, 2.05) is 25.1 Å². The van der Waals surface area contributed by atoms with Crippen LogP contribution in [0.2, 0.25) is 0 Å². The van der Waals surface area contributed by atoms with Crippen molar-refractivity contribution in [1.82, 2.24) is 5.32 Å². The molecule has 2 aliphatic rings. The number of thiophene rings is 1. The van der Waals surface area contributed by atoms with E-state index in [-0.39, 0.29) is 18.8 Å². The minimum atomic E-state index is -0.312. The number of hydrogen-bond donors (Lipinski definition) is 2. The Morgan fingerprint density at radius 1 is 1.25 bits per heavy atom. The summed E-state index contributed by atoms with van der Waals surface area (Å²) in [6.07, 6.45) is 4.15. The number of esters is 1. The molecule has 1 atom stereocenters. The predicted octanol–water partition coefficient (Wildman–Crippen LogP) is 4.19. The van der Waals surface area contributed by atoms with Crippen LogP contribution in [0.1, 0.15) is 52.2 Å². The van der Waals surface area contributed by atoms with Crippen LogP contribution in [0.3, 0.4) is 0 Å². The lowest BCUT2D eigenvalue weighted by Crippen LogP contribution is -2.31. The Kier molecular flexibility index (Phi) is 5.41. The first-order valence-corrected chi connectivity index (χ1v) is 10.5. The van der Waals surface area contributed by atoms with Crippen LogP contribution >= 0.6 is 23.6 Å². The lowest BCUT2D eigenvalue weighted by Gasteiger charge is -2.18. The fraction of sp³-hybridized carbons (Fsp3) is 0.400. The number of ether oxygens (including phenoxy) is 3. The monoisotopic (exact) mass is 418 g/mol. The van der Waals surface area contributed by atoms with Crippen molar-refractivity contribution in [3.05, 3.63) is 39.8 Å². The highest BCUT2D eigenvalue weighted by Gasteiger charge is 2.26. The summed E-state index contributed by atoms with van der Waals surface area (Å²) >= 11 is 7.11. The van der Waals surface area contributed by atoms with Gasteiger partial charge in [-0.25, -0.2) is 4.79 Å². The fourth-order valence-corrected chi connectivity index (χ4v) is 5.20. The quantitative estimate of drug-likeness (QED) is 0.570. The molecule has 1 aromatic carbocycles. The number of methoxy groups -OCH3 is 1. The molecule has 2 N–H and O–H groups in total. The van der Waals surface area contributed by atoms with Crippen LogP contribution in [0.25, 0.3) is 0 Å². The van der Waals surface area contributed by atoms with E-state index in [0.717, 1.165) is 53.3 Å². The molecule has 6 nitrogen and oxygen atoms in total. The molecule has 0 radical (unpaired) electrons. The van der Waals surface area contributed by atoms with Gasteiger partial charge in [0.1, 0.15) is 5.00 Å². The zero-order valence-electron chi connectivity index (χ0n) is 15.8. The number of carbonyl (C=O) groups excluding carboxylic acids is 1. The van der Waals surface area contributed by atoms with Gasteiger partial charge >= 0.3 is 5.97 Å². The molecule has 1 aliphatic carbocycles. The molecule has 0 fully saturated rings. The van der Waals surface area contributed by atoms with Gasteiger partial charge in [0, 0.05) is 4.88 Å². The molecular weight excluding hydrogens is 396 g/mol. The Bertz CT molecular complexity index is 925. The van der Waals surface area contributed by atoms with Gasteiger partial charge in [0.05, 0.1) is 18.7 Å². The molecule has 148 valence electrons. The molecule has 0 bridgehead atoms. The highest BCUT2D eigenvalue weighted by Crippen LogP contribution is 2.39. The average Bonchev–Trinajstić information content (AvgIpc) is 3.30. The Morgan fingerprint density at radius 3 is 2.86 bits per heavy atom. The smallest absolute Gasteiger partial charge is 0.341 e. The number of carbonyl (C=O) groups is 1. The summed E-state index contributed by atoms with van der Waals surface area (Å²) in [5.41, 5.74) is 2.77. The van der Waals surface area contributed by atoms with Crippen molar-refractivity contribution in [2.24, 2.45) is 0 Å². The number of thiocarbonyl (C=S) groups is 1. The molecule has 0 amide bonds. The molecular formula is C20H22N2O4S2. The summed E-state index contributed by atoms with van der Waals surface area (Å²) < 4.78 is 15.8. The lowest BCUT2D eigenvalue weighted by atomic mass is 9.95. The Hall–Kier alpha value is -2.32. The molecule has 0 saturated heterocycles. The van der Waals surface area contributed by atoms with Gasteiger partial charge in [0.15, 0.2) is 16.6 Å². The average molecular weight is 419 g/mol. The third-order valence-electron chi connectivity index (χ3n) is 5.03. The molecule has 2 heterocycles. The molecule has 0 saturated carbocycles. The van der Waals surface area contributed by atoms with Gasteiger partial charge in [-0.1, -0.05) is 6.07 Å². The van der Waals surface area contributed by atoms with Crippen LogP contribution in [0.4, 0.5) is 5.00 Å². The van der Waals surface area contributed by atoms with Crippen molar-refractivity contribution in [3.63, 3.8) is 0 Å².